The second-order valence-electron chi connectivity index (χ2n) is 6.03. The summed E-state index contributed by atoms with van der Waals surface area (Å²) in [6, 6.07) is 2.84. The van der Waals surface area contributed by atoms with Gasteiger partial charge in [-0.15, -0.1) is 0 Å². The number of anilines is 1. The second kappa shape index (κ2) is 6.36. The van der Waals surface area contributed by atoms with Gasteiger partial charge in [0.25, 0.3) is 11.5 Å². The maximum absolute atomic E-state index is 12.9. The molecule has 2 aromatic rings. The first kappa shape index (κ1) is 17.8. The number of nitrogen functional groups attached to an aromatic ring is 1. The number of carbonyl (C=O) groups excluding carboxylic acids is 1. The van der Waals surface area contributed by atoms with Gasteiger partial charge in [-0.3, -0.25) is 14.6 Å². The van der Waals surface area contributed by atoms with E-state index in [1.54, 1.807) is 0 Å². The van der Waals surface area contributed by atoms with Crippen LogP contribution in [0.5, 0.6) is 0 Å². The average molecular weight is 368 g/mol. The van der Waals surface area contributed by atoms with Crippen LogP contribution in [0.25, 0.3) is 0 Å². The average Bonchev–Trinajstić information content (AvgIpc) is 2.57. The van der Waals surface area contributed by atoms with Gasteiger partial charge in [-0.2, -0.15) is 13.2 Å². The number of halogens is 3. The lowest BCUT2D eigenvalue weighted by molar-refractivity contribution is -0.137. The monoisotopic (exact) mass is 368 g/mol. The maximum Gasteiger partial charge on any atom is 0.416 e. The van der Waals surface area contributed by atoms with Crippen LogP contribution >= 0.6 is 0 Å². The number of carbonyl (C=O) groups is 1. The summed E-state index contributed by atoms with van der Waals surface area (Å²) < 4.78 is 38.6. The Bertz CT molecular complexity index is 978. The fraction of sp³-hybridized carbons (Fsp3) is 0.312. The number of fused-ring (bicyclic) bond motifs is 1. The standard InChI is InChI=1S/C16H15F3N4O3/c17-16(18,19)8-4-5-9-7(6-8)2-1-3-10(9)21-14(25)12-11(20)13(24)23-15(26)22-12/h4-6,10H,1-3,20H2,(H,21,25)(H2,22,23,24,26)/t10-/m0/s1. The Balaban J connectivity index is 1.90. The van der Waals surface area contributed by atoms with Crippen molar-refractivity contribution in [1.82, 2.24) is 15.3 Å². The molecule has 0 unspecified atom stereocenters. The van der Waals surface area contributed by atoms with Crippen LogP contribution in [-0.2, 0) is 12.6 Å². The summed E-state index contributed by atoms with van der Waals surface area (Å²) in [4.78, 5) is 39.3. The fourth-order valence-corrected chi connectivity index (χ4v) is 3.05. The van der Waals surface area contributed by atoms with E-state index in [2.05, 4.69) is 10.3 Å². The quantitative estimate of drug-likeness (QED) is 0.641. The summed E-state index contributed by atoms with van der Waals surface area (Å²) in [6.07, 6.45) is -2.88. The highest BCUT2D eigenvalue weighted by Crippen LogP contribution is 2.35. The zero-order valence-corrected chi connectivity index (χ0v) is 13.4. The van der Waals surface area contributed by atoms with Crippen molar-refractivity contribution in [2.45, 2.75) is 31.5 Å². The van der Waals surface area contributed by atoms with Crippen molar-refractivity contribution < 1.29 is 18.0 Å². The molecule has 0 radical (unpaired) electrons. The highest BCUT2D eigenvalue weighted by Gasteiger charge is 2.32. The highest BCUT2D eigenvalue weighted by molar-refractivity contribution is 5.97. The van der Waals surface area contributed by atoms with E-state index in [-0.39, 0.29) is 5.69 Å². The number of amides is 1. The molecule has 1 atom stereocenters. The summed E-state index contributed by atoms with van der Waals surface area (Å²) in [6.45, 7) is 0. The van der Waals surface area contributed by atoms with E-state index in [1.165, 1.54) is 6.07 Å². The third-order valence-corrected chi connectivity index (χ3v) is 4.30. The number of nitrogens with two attached hydrogens (primary N) is 1. The molecule has 1 aliphatic rings. The number of aromatic amines is 2. The van der Waals surface area contributed by atoms with Gasteiger partial charge in [0.1, 0.15) is 11.4 Å². The highest BCUT2D eigenvalue weighted by atomic mass is 19.4. The number of aromatic nitrogens is 2. The van der Waals surface area contributed by atoms with Gasteiger partial charge < -0.3 is 16.0 Å². The Kier molecular flexibility index (Phi) is 4.34. The van der Waals surface area contributed by atoms with Crippen LogP contribution in [0, 0.1) is 0 Å². The third-order valence-electron chi connectivity index (χ3n) is 4.30. The molecule has 10 heteroatoms. The molecule has 138 valence electrons. The molecule has 1 aromatic heterocycles. The first-order chi connectivity index (χ1) is 12.2. The summed E-state index contributed by atoms with van der Waals surface area (Å²) in [7, 11) is 0. The summed E-state index contributed by atoms with van der Waals surface area (Å²) in [5.74, 6) is -0.775. The minimum atomic E-state index is -4.44. The van der Waals surface area contributed by atoms with E-state index >= 15 is 0 Å². The molecule has 26 heavy (non-hydrogen) atoms. The minimum absolute atomic E-state index is 0.377. The van der Waals surface area contributed by atoms with Gasteiger partial charge in [0.05, 0.1) is 11.6 Å². The van der Waals surface area contributed by atoms with Gasteiger partial charge in [-0.1, -0.05) is 6.07 Å². The lowest BCUT2D eigenvalue weighted by atomic mass is 9.86. The molecule has 0 bridgehead atoms. The van der Waals surface area contributed by atoms with Gasteiger partial charge in [0, 0.05) is 0 Å². The number of benzene rings is 1. The zero-order chi connectivity index (χ0) is 19.1. The Hall–Kier alpha value is -3.04. The van der Waals surface area contributed by atoms with Crippen molar-refractivity contribution in [2.75, 3.05) is 5.73 Å². The molecule has 0 saturated carbocycles. The molecule has 0 saturated heterocycles. The lowest BCUT2D eigenvalue weighted by Crippen LogP contribution is -2.36. The van der Waals surface area contributed by atoms with Crippen molar-refractivity contribution in [2.24, 2.45) is 0 Å². The first-order valence-corrected chi connectivity index (χ1v) is 7.80. The number of hydrogen-bond acceptors (Lipinski definition) is 4. The SMILES string of the molecule is Nc1c(C(=O)N[C@H]2CCCc3cc(C(F)(F)F)ccc32)[nH]c(=O)[nH]c1=O. The van der Waals surface area contributed by atoms with Crippen LogP contribution in [0.1, 0.15) is 46.1 Å². The number of aryl methyl sites for hydroxylation is 1. The Morgan fingerprint density at radius 1 is 1.23 bits per heavy atom. The van der Waals surface area contributed by atoms with Crippen LogP contribution < -0.4 is 22.3 Å². The molecule has 1 aliphatic carbocycles. The van der Waals surface area contributed by atoms with Crippen LogP contribution in [0.15, 0.2) is 27.8 Å². The van der Waals surface area contributed by atoms with Crippen molar-refractivity contribution in [3.05, 3.63) is 61.4 Å². The molecule has 7 nitrogen and oxygen atoms in total. The van der Waals surface area contributed by atoms with E-state index < -0.39 is 40.6 Å². The number of hydrogen-bond donors (Lipinski definition) is 4. The number of H-pyrrole nitrogens is 2. The Morgan fingerprint density at radius 2 is 1.96 bits per heavy atom. The first-order valence-electron chi connectivity index (χ1n) is 7.80. The normalized spacial score (nSPS) is 16.8. The van der Waals surface area contributed by atoms with E-state index in [0.717, 1.165) is 12.1 Å². The molecular formula is C16H15F3N4O3. The van der Waals surface area contributed by atoms with E-state index in [0.29, 0.717) is 30.4 Å². The number of alkyl halides is 3. The molecular weight excluding hydrogens is 353 g/mol. The zero-order valence-electron chi connectivity index (χ0n) is 13.4. The number of rotatable bonds is 2. The van der Waals surface area contributed by atoms with Crippen molar-refractivity contribution in [1.29, 1.82) is 0 Å². The summed E-state index contributed by atoms with van der Waals surface area (Å²) in [5.41, 5.74) is 3.26. The predicted octanol–water partition coefficient (Wildman–Crippen LogP) is 1.47. The molecule has 0 spiro atoms. The molecule has 1 amide bonds. The van der Waals surface area contributed by atoms with Crippen molar-refractivity contribution in [3.63, 3.8) is 0 Å². The summed E-state index contributed by atoms with van der Waals surface area (Å²) in [5, 5.41) is 2.62. The Morgan fingerprint density at radius 3 is 2.65 bits per heavy atom. The van der Waals surface area contributed by atoms with Crippen LogP contribution in [0.4, 0.5) is 18.9 Å². The van der Waals surface area contributed by atoms with Crippen LogP contribution in [0.3, 0.4) is 0 Å². The number of nitrogens with one attached hydrogen (secondary N) is 3. The van der Waals surface area contributed by atoms with Gasteiger partial charge in [0.15, 0.2) is 0 Å². The topological polar surface area (TPSA) is 121 Å². The Labute approximate surface area is 144 Å². The molecule has 5 N–H and O–H groups in total. The smallest absolute Gasteiger partial charge is 0.392 e. The van der Waals surface area contributed by atoms with Gasteiger partial charge in [0.2, 0.25) is 0 Å². The van der Waals surface area contributed by atoms with Crippen LogP contribution in [0.2, 0.25) is 0 Å². The van der Waals surface area contributed by atoms with Gasteiger partial charge >= 0.3 is 11.9 Å². The molecule has 3 rings (SSSR count). The van der Waals surface area contributed by atoms with Crippen molar-refractivity contribution in [3.8, 4) is 0 Å². The fourth-order valence-electron chi connectivity index (χ4n) is 3.05. The summed E-state index contributed by atoms with van der Waals surface area (Å²) >= 11 is 0. The minimum Gasteiger partial charge on any atom is -0.392 e. The van der Waals surface area contributed by atoms with Gasteiger partial charge in [-0.05, 0) is 42.5 Å². The van der Waals surface area contributed by atoms with Crippen molar-refractivity contribution >= 4 is 11.6 Å². The second-order valence-corrected chi connectivity index (χ2v) is 6.03. The van der Waals surface area contributed by atoms with E-state index in [1.807, 2.05) is 4.98 Å². The molecule has 1 heterocycles. The molecule has 0 fully saturated rings. The predicted molar refractivity (Wildman–Crippen MR) is 86.7 cm³/mol. The molecule has 1 aromatic carbocycles. The third kappa shape index (κ3) is 3.35. The maximum atomic E-state index is 12.9. The van der Waals surface area contributed by atoms with Crippen LogP contribution in [-0.4, -0.2) is 15.9 Å². The largest absolute Gasteiger partial charge is 0.416 e. The van der Waals surface area contributed by atoms with E-state index in [9.17, 15) is 27.6 Å². The molecule has 0 aliphatic heterocycles. The van der Waals surface area contributed by atoms with Gasteiger partial charge in [-0.25, -0.2) is 4.79 Å². The lowest BCUT2D eigenvalue weighted by Gasteiger charge is -2.27. The van der Waals surface area contributed by atoms with E-state index in [4.69, 9.17) is 5.73 Å².